The Morgan fingerprint density at radius 1 is 1.15 bits per heavy atom. The number of hydrogen-bond donors (Lipinski definition) is 1. The van der Waals surface area contributed by atoms with E-state index in [1.165, 1.54) is 11.1 Å². The standard InChI is InChI=1S/C20H29N3O3/c1-14-8-15(2)10-18(9-14)25-13-19-21-20(26-22-19)11-23(3)17-6-4-16(12-24)5-7-17/h8-10,16-17,24H,4-7,11-13H2,1-3H3. The van der Waals surface area contributed by atoms with Crippen molar-refractivity contribution in [2.24, 2.45) is 5.92 Å². The highest BCUT2D eigenvalue weighted by atomic mass is 16.5. The van der Waals surface area contributed by atoms with Crippen LogP contribution in [0.3, 0.4) is 0 Å². The van der Waals surface area contributed by atoms with Crippen molar-refractivity contribution < 1.29 is 14.4 Å². The minimum atomic E-state index is 0.303. The fraction of sp³-hybridized carbons (Fsp3) is 0.600. The summed E-state index contributed by atoms with van der Waals surface area (Å²) in [5.74, 6) is 2.48. The fourth-order valence-electron chi connectivity index (χ4n) is 3.69. The van der Waals surface area contributed by atoms with Crippen LogP contribution in [0.4, 0.5) is 0 Å². The molecule has 26 heavy (non-hydrogen) atoms. The first-order chi connectivity index (χ1) is 12.5. The van der Waals surface area contributed by atoms with Gasteiger partial charge in [0, 0.05) is 12.6 Å². The van der Waals surface area contributed by atoms with Crippen molar-refractivity contribution >= 4 is 0 Å². The Bertz CT molecular complexity index is 688. The summed E-state index contributed by atoms with van der Waals surface area (Å²) in [5, 5.41) is 13.3. The number of aromatic nitrogens is 2. The molecule has 6 nitrogen and oxygen atoms in total. The average Bonchev–Trinajstić information content (AvgIpc) is 3.06. The van der Waals surface area contributed by atoms with Gasteiger partial charge in [0.1, 0.15) is 5.75 Å². The molecule has 1 heterocycles. The molecule has 0 saturated heterocycles. The summed E-state index contributed by atoms with van der Waals surface area (Å²) in [5.41, 5.74) is 2.35. The molecule has 1 fully saturated rings. The maximum absolute atomic E-state index is 9.26. The zero-order chi connectivity index (χ0) is 18.5. The van der Waals surface area contributed by atoms with E-state index in [1.807, 2.05) is 12.1 Å². The van der Waals surface area contributed by atoms with Crippen molar-refractivity contribution in [1.29, 1.82) is 0 Å². The molecule has 0 bridgehead atoms. The molecule has 6 heteroatoms. The van der Waals surface area contributed by atoms with E-state index in [2.05, 4.69) is 42.0 Å². The molecule has 2 aromatic rings. The summed E-state index contributed by atoms with van der Waals surface area (Å²) in [7, 11) is 2.10. The van der Waals surface area contributed by atoms with Crippen LogP contribution in [0.1, 0.15) is 48.5 Å². The highest BCUT2D eigenvalue weighted by Crippen LogP contribution is 2.27. The fourth-order valence-corrected chi connectivity index (χ4v) is 3.69. The topological polar surface area (TPSA) is 71.6 Å². The lowest BCUT2D eigenvalue weighted by Gasteiger charge is -2.33. The van der Waals surface area contributed by atoms with Gasteiger partial charge in [-0.1, -0.05) is 11.2 Å². The van der Waals surface area contributed by atoms with E-state index in [4.69, 9.17) is 9.26 Å². The maximum atomic E-state index is 9.26. The van der Waals surface area contributed by atoms with Crippen LogP contribution in [0.5, 0.6) is 5.75 Å². The van der Waals surface area contributed by atoms with Gasteiger partial charge < -0.3 is 14.4 Å². The van der Waals surface area contributed by atoms with Gasteiger partial charge in [-0.15, -0.1) is 0 Å². The summed E-state index contributed by atoms with van der Waals surface area (Å²) in [4.78, 5) is 6.73. The number of benzene rings is 1. The Morgan fingerprint density at radius 3 is 2.50 bits per heavy atom. The van der Waals surface area contributed by atoms with Crippen LogP contribution in [-0.4, -0.2) is 39.8 Å². The van der Waals surface area contributed by atoms with Gasteiger partial charge in [0.15, 0.2) is 6.61 Å². The monoisotopic (exact) mass is 359 g/mol. The first kappa shape index (κ1) is 18.9. The van der Waals surface area contributed by atoms with E-state index >= 15 is 0 Å². The predicted molar refractivity (Wildman–Crippen MR) is 98.8 cm³/mol. The van der Waals surface area contributed by atoms with Gasteiger partial charge in [0.2, 0.25) is 11.7 Å². The van der Waals surface area contributed by atoms with Crippen molar-refractivity contribution in [3.63, 3.8) is 0 Å². The minimum absolute atomic E-state index is 0.303. The summed E-state index contributed by atoms with van der Waals surface area (Å²) in [6.07, 6.45) is 4.39. The molecule has 1 saturated carbocycles. The van der Waals surface area contributed by atoms with Gasteiger partial charge in [-0.2, -0.15) is 4.98 Å². The SMILES string of the molecule is Cc1cc(C)cc(OCc2noc(CN(C)C3CCC(CO)CC3)n2)c1. The Hall–Kier alpha value is -1.92. The van der Waals surface area contributed by atoms with Crippen LogP contribution >= 0.6 is 0 Å². The second kappa shape index (κ2) is 8.64. The molecule has 0 spiro atoms. The maximum Gasteiger partial charge on any atom is 0.240 e. The number of hydrogen-bond acceptors (Lipinski definition) is 6. The molecule has 1 aromatic carbocycles. The van der Waals surface area contributed by atoms with Crippen molar-refractivity contribution in [1.82, 2.24) is 15.0 Å². The molecule has 0 aliphatic heterocycles. The van der Waals surface area contributed by atoms with Gasteiger partial charge in [0.05, 0.1) is 6.54 Å². The van der Waals surface area contributed by atoms with Crippen LogP contribution in [0, 0.1) is 19.8 Å². The predicted octanol–water partition coefficient (Wildman–Crippen LogP) is 3.25. The van der Waals surface area contributed by atoms with Crippen LogP contribution in [0.15, 0.2) is 22.7 Å². The Kier molecular flexibility index (Phi) is 6.27. The van der Waals surface area contributed by atoms with Crippen LogP contribution < -0.4 is 4.74 Å². The number of aliphatic hydroxyl groups excluding tert-OH is 1. The lowest BCUT2D eigenvalue weighted by atomic mass is 9.86. The quantitative estimate of drug-likeness (QED) is 0.818. The van der Waals surface area contributed by atoms with E-state index < -0.39 is 0 Å². The number of rotatable bonds is 7. The molecule has 0 unspecified atom stereocenters. The van der Waals surface area contributed by atoms with Gasteiger partial charge >= 0.3 is 0 Å². The highest BCUT2D eigenvalue weighted by molar-refractivity contribution is 5.33. The summed E-state index contributed by atoms with van der Waals surface area (Å²) >= 11 is 0. The Balaban J connectivity index is 1.50. The molecule has 0 radical (unpaired) electrons. The summed E-state index contributed by atoms with van der Waals surface area (Å²) in [6, 6.07) is 6.64. The molecule has 142 valence electrons. The lowest BCUT2D eigenvalue weighted by molar-refractivity contribution is 0.116. The van der Waals surface area contributed by atoms with Crippen molar-refractivity contribution in [3.8, 4) is 5.75 Å². The Morgan fingerprint density at radius 2 is 1.85 bits per heavy atom. The number of aryl methyl sites for hydroxylation is 2. The molecule has 1 aliphatic rings. The molecule has 1 aromatic heterocycles. The number of nitrogens with zero attached hydrogens (tertiary/aromatic N) is 3. The average molecular weight is 359 g/mol. The largest absolute Gasteiger partial charge is 0.485 e. The summed E-state index contributed by atoms with van der Waals surface area (Å²) < 4.78 is 11.2. The minimum Gasteiger partial charge on any atom is -0.485 e. The first-order valence-electron chi connectivity index (χ1n) is 9.37. The Labute approximate surface area is 155 Å². The van der Waals surface area contributed by atoms with Gasteiger partial charge in [-0.3, -0.25) is 4.90 Å². The van der Waals surface area contributed by atoms with Crippen LogP contribution in [0.25, 0.3) is 0 Å². The van der Waals surface area contributed by atoms with Crippen molar-refractivity contribution in [2.45, 2.75) is 58.7 Å². The molecular formula is C20H29N3O3. The van der Waals surface area contributed by atoms with Gasteiger partial charge in [-0.25, -0.2) is 0 Å². The molecule has 0 amide bonds. The van der Waals surface area contributed by atoms with Crippen LogP contribution in [0.2, 0.25) is 0 Å². The first-order valence-corrected chi connectivity index (χ1v) is 9.37. The normalized spacial score (nSPS) is 20.5. The smallest absolute Gasteiger partial charge is 0.240 e. The van der Waals surface area contributed by atoms with E-state index in [0.29, 0.717) is 43.4 Å². The third-order valence-corrected chi connectivity index (χ3v) is 5.16. The third kappa shape index (κ3) is 5.05. The zero-order valence-corrected chi connectivity index (χ0v) is 15.9. The van der Waals surface area contributed by atoms with E-state index in [9.17, 15) is 5.11 Å². The lowest BCUT2D eigenvalue weighted by Crippen LogP contribution is -2.35. The zero-order valence-electron chi connectivity index (χ0n) is 15.9. The molecule has 0 atom stereocenters. The molecule has 3 rings (SSSR count). The van der Waals surface area contributed by atoms with E-state index in [1.54, 1.807) is 0 Å². The summed E-state index contributed by atoms with van der Waals surface area (Å²) in [6.45, 7) is 5.36. The molecule has 1 N–H and O–H groups in total. The van der Waals surface area contributed by atoms with Crippen molar-refractivity contribution in [2.75, 3.05) is 13.7 Å². The van der Waals surface area contributed by atoms with E-state index in [-0.39, 0.29) is 0 Å². The second-order valence-corrected chi connectivity index (χ2v) is 7.49. The van der Waals surface area contributed by atoms with Crippen molar-refractivity contribution in [3.05, 3.63) is 41.0 Å². The molecular weight excluding hydrogens is 330 g/mol. The van der Waals surface area contributed by atoms with Gasteiger partial charge in [0.25, 0.3) is 0 Å². The number of aliphatic hydroxyl groups is 1. The van der Waals surface area contributed by atoms with Crippen LogP contribution in [-0.2, 0) is 13.2 Å². The number of ether oxygens (including phenoxy) is 1. The second-order valence-electron chi connectivity index (χ2n) is 7.49. The molecule has 1 aliphatic carbocycles. The third-order valence-electron chi connectivity index (χ3n) is 5.16. The van der Waals surface area contributed by atoms with Gasteiger partial charge in [-0.05, 0) is 75.8 Å². The van der Waals surface area contributed by atoms with E-state index in [0.717, 1.165) is 31.4 Å². The highest BCUT2D eigenvalue weighted by Gasteiger charge is 2.24.